The number of carbonyl (C=O) groups is 1. The highest BCUT2D eigenvalue weighted by Crippen LogP contribution is 2.33. The van der Waals surface area contributed by atoms with Crippen molar-refractivity contribution in [1.29, 1.82) is 0 Å². The molecular formula is C17H24N2O3S. The van der Waals surface area contributed by atoms with Crippen LogP contribution >= 0.6 is 11.3 Å². The lowest BCUT2D eigenvalue weighted by Gasteiger charge is -2.37. The second kappa shape index (κ2) is 6.89. The Morgan fingerprint density at radius 2 is 2.22 bits per heavy atom. The Balaban J connectivity index is 1.34. The number of hydroxylamine groups is 2. The normalized spacial score (nSPS) is 32.0. The zero-order valence-corrected chi connectivity index (χ0v) is 14.2. The van der Waals surface area contributed by atoms with E-state index in [1.54, 1.807) is 0 Å². The minimum atomic E-state index is -0.309. The molecule has 1 aromatic rings. The van der Waals surface area contributed by atoms with Crippen molar-refractivity contribution in [2.75, 3.05) is 19.7 Å². The van der Waals surface area contributed by atoms with Crippen LogP contribution in [0.15, 0.2) is 17.5 Å². The van der Waals surface area contributed by atoms with Crippen molar-refractivity contribution in [2.45, 2.75) is 56.9 Å². The highest BCUT2D eigenvalue weighted by Gasteiger charge is 2.42. The summed E-state index contributed by atoms with van der Waals surface area (Å²) < 4.78 is 6.17. The van der Waals surface area contributed by atoms with E-state index in [9.17, 15) is 4.79 Å². The van der Waals surface area contributed by atoms with Gasteiger partial charge in [-0.15, -0.1) is 11.3 Å². The van der Waals surface area contributed by atoms with Crippen LogP contribution in [-0.2, 0) is 20.9 Å². The summed E-state index contributed by atoms with van der Waals surface area (Å²) in [6.07, 6.45) is 4.83. The lowest BCUT2D eigenvalue weighted by atomic mass is 9.98. The molecule has 3 aliphatic heterocycles. The number of hydrogen-bond acceptors (Lipinski definition) is 5. The molecule has 3 aliphatic rings. The first-order valence-corrected chi connectivity index (χ1v) is 9.55. The van der Waals surface area contributed by atoms with Gasteiger partial charge in [0, 0.05) is 30.6 Å². The minimum Gasteiger partial charge on any atom is -0.363 e. The lowest BCUT2D eigenvalue weighted by molar-refractivity contribution is -0.213. The van der Waals surface area contributed by atoms with E-state index in [2.05, 4.69) is 22.4 Å². The van der Waals surface area contributed by atoms with E-state index in [1.807, 2.05) is 11.3 Å². The lowest BCUT2D eigenvalue weighted by Crippen LogP contribution is -2.49. The van der Waals surface area contributed by atoms with Gasteiger partial charge in [-0.1, -0.05) is 6.07 Å². The molecule has 5 nitrogen and oxygen atoms in total. The van der Waals surface area contributed by atoms with Gasteiger partial charge in [-0.3, -0.25) is 14.5 Å². The van der Waals surface area contributed by atoms with Crippen LogP contribution in [-0.4, -0.2) is 53.8 Å². The van der Waals surface area contributed by atoms with Gasteiger partial charge >= 0.3 is 0 Å². The first-order valence-electron chi connectivity index (χ1n) is 8.67. The van der Waals surface area contributed by atoms with Gasteiger partial charge in [0.15, 0.2) is 0 Å². The molecule has 0 aliphatic carbocycles. The number of likely N-dealkylation sites (tertiary alicyclic amines) is 1. The van der Waals surface area contributed by atoms with Crippen LogP contribution in [0, 0.1) is 0 Å². The molecule has 0 spiro atoms. The summed E-state index contributed by atoms with van der Waals surface area (Å²) in [6.45, 7) is 3.43. The largest absolute Gasteiger partial charge is 0.363 e. The minimum absolute atomic E-state index is 0.0276. The topological polar surface area (TPSA) is 42.0 Å². The molecule has 0 bridgehead atoms. The molecule has 0 N–H and O–H groups in total. The molecule has 3 saturated heterocycles. The highest BCUT2D eigenvalue weighted by molar-refractivity contribution is 7.09. The predicted octanol–water partition coefficient (Wildman–Crippen LogP) is 2.42. The third-order valence-electron chi connectivity index (χ3n) is 5.13. The second-order valence-corrected chi connectivity index (χ2v) is 7.66. The monoisotopic (exact) mass is 336 g/mol. The van der Waals surface area contributed by atoms with Crippen molar-refractivity contribution < 1.29 is 14.4 Å². The molecule has 3 fully saturated rings. The standard InChI is InChI=1S/C17H24N2O3S/c20-17(19-8-1-2-10-21-19)16-6-5-14-15(22-16)7-9-18(14)12-13-4-3-11-23-13/h3-4,11,14-16H,1-2,5-10,12H2/t14-,15-,16-/m0/s1. The fraction of sp³-hybridized carbons (Fsp3) is 0.706. The summed E-state index contributed by atoms with van der Waals surface area (Å²) in [5, 5.41) is 3.67. The van der Waals surface area contributed by atoms with Crippen LogP contribution in [0.5, 0.6) is 0 Å². The van der Waals surface area contributed by atoms with Gasteiger partial charge in [0.2, 0.25) is 0 Å². The molecule has 3 atom stereocenters. The molecule has 23 heavy (non-hydrogen) atoms. The number of hydrogen-bond donors (Lipinski definition) is 0. The summed E-state index contributed by atoms with van der Waals surface area (Å²) in [5.74, 6) is 0.0276. The number of ether oxygens (including phenoxy) is 1. The van der Waals surface area contributed by atoms with E-state index in [0.29, 0.717) is 19.2 Å². The molecule has 4 heterocycles. The molecule has 0 unspecified atom stereocenters. The van der Waals surface area contributed by atoms with Crippen molar-refractivity contribution >= 4 is 17.2 Å². The second-order valence-electron chi connectivity index (χ2n) is 6.63. The summed E-state index contributed by atoms with van der Waals surface area (Å²) in [4.78, 5) is 22.0. The van der Waals surface area contributed by atoms with Crippen molar-refractivity contribution in [3.8, 4) is 0 Å². The van der Waals surface area contributed by atoms with E-state index in [0.717, 1.165) is 45.2 Å². The Morgan fingerprint density at radius 3 is 3.00 bits per heavy atom. The van der Waals surface area contributed by atoms with Crippen molar-refractivity contribution in [2.24, 2.45) is 0 Å². The van der Waals surface area contributed by atoms with Gasteiger partial charge < -0.3 is 4.74 Å². The van der Waals surface area contributed by atoms with Gasteiger partial charge in [0.05, 0.1) is 12.7 Å². The first kappa shape index (κ1) is 15.6. The Morgan fingerprint density at radius 1 is 1.26 bits per heavy atom. The number of thiophene rings is 1. The van der Waals surface area contributed by atoms with E-state index in [-0.39, 0.29) is 18.1 Å². The van der Waals surface area contributed by atoms with E-state index < -0.39 is 0 Å². The van der Waals surface area contributed by atoms with E-state index in [1.165, 1.54) is 9.94 Å². The summed E-state index contributed by atoms with van der Waals surface area (Å²) in [5.41, 5.74) is 0. The van der Waals surface area contributed by atoms with E-state index in [4.69, 9.17) is 9.57 Å². The van der Waals surface area contributed by atoms with Gasteiger partial charge in [-0.25, -0.2) is 5.06 Å². The smallest absolute Gasteiger partial charge is 0.275 e. The zero-order valence-electron chi connectivity index (χ0n) is 13.4. The van der Waals surface area contributed by atoms with Crippen molar-refractivity contribution in [3.05, 3.63) is 22.4 Å². The van der Waals surface area contributed by atoms with Crippen LogP contribution in [0.4, 0.5) is 0 Å². The first-order chi connectivity index (χ1) is 11.3. The average Bonchev–Trinajstić information content (AvgIpc) is 3.25. The number of rotatable bonds is 3. The Labute approximate surface area is 141 Å². The summed E-state index contributed by atoms with van der Waals surface area (Å²) in [6, 6.07) is 4.77. The zero-order chi connectivity index (χ0) is 15.6. The maximum atomic E-state index is 12.5. The summed E-state index contributed by atoms with van der Waals surface area (Å²) >= 11 is 1.81. The third-order valence-corrected chi connectivity index (χ3v) is 5.99. The number of fused-ring (bicyclic) bond motifs is 1. The average molecular weight is 336 g/mol. The predicted molar refractivity (Wildman–Crippen MR) is 87.9 cm³/mol. The van der Waals surface area contributed by atoms with Gasteiger partial charge in [0.25, 0.3) is 5.91 Å². The molecular weight excluding hydrogens is 312 g/mol. The van der Waals surface area contributed by atoms with E-state index >= 15 is 0 Å². The van der Waals surface area contributed by atoms with Gasteiger partial charge in [-0.05, 0) is 43.6 Å². The fourth-order valence-electron chi connectivity index (χ4n) is 3.93. The van der Waals surface area contributed by atoms with Crippen LogP contribution in [0.2, 0.25) is 0 Å². The summed E-state index contributed by atoms with van der Waals surface area (Å²) in [7, 11) is 0. The highest BCUT2D eigenvalue weighted by atomic mass is 32.1. The van der Waals surface area contributed by atoms with Crippen LogP contribution in [0.3, 0.4) is 0 Å². The van der Waals surface area contributed by atoms with Gasteiger partial charge in [-0.2, -0.15) is 0 Å². The SMILES string of the molecule is O=C([C@@H]1CC[C@H]2[C@H](CCN2Cc2cccs2)O1)N1CCCCO1. The Hall–Kier alpha value is -0.950. The molecule has 1 aromatic heterocycles. The number of carbonyl (C=O) groups excluding carboxylic acids is 1. The Kier molecular flexibility index (Phi) is 4.66. The number of amides is 1. The van der Waals surface area contributed by atoms with Crippen molar-refractivity contribution in [1.82, 2.24) is 9.96 Å². The van der Waals surface area contributed by atoms with Crippen molar-refractivity contribution in [3.63, 3.8) is 0 Å². The van der Waals surface area contributed by atoms with Crippen LogP contribution < -0.4 is 0 Å². The van der Waals surface area contributed by atoms with Gasteiger partial charge in [0.1, 0.15) is 6.10 Å². The van der Waals surface area contributed by atoms with Crippen LogP contribution in [0.1, 0.15) is 37.0 Å². The molecule has 6 heteroatoms. The third kappa shape index (κ3) is 3.31. The Bertz CT molecular complexity index is 530. The van der Waals surface area contributed by atoms with Crippen LogP contribution in [0.25, 0.3) is 0 Å². The number of nitrogens with zero attached hydrogens (tertiary/aromatic N) is 2. The molecule has 126 valence electrons. The molecule has 0 radical (unpaired) electrons. The molecule has 4 rings (SSSR count). The quantitative estimate of drug-likeness (QED) is 0.850. The fourth-order valence-corrected chi connectivity index (χ4v) is 4.66. The molecule has 1 amide bonds. The maximum absolute atomic E-state index is 12.5. The molecule has 0 aromatic carbocycles. The maximum Gasteiger partial charge on any atom is 0.275 e. The molecule has 0 saturated carbocycles.